The summed E-state index contributed by atoms with van der Waals surface area (Å²) in [5, 5.41) is 0. The second kappa shape index (κ2) is 7.99. The number of rotatable bonds is 4. The van der Waals surface area contributed by atoms with Gasteiger partial charge in [0, 0.05) is 31.9 Å². The highest BCUT2D eigenvalue weighted by atomic mass is 16.5. The van der Waals surface area contributed by atoms with E-state index in [9.17, 15) is 4.79 Å². The van der Waals surface area contributed by atoms with Crippen molar-refractivity contribution in [2.45, 2.75) is 26.4 Å². The van der Waals surface area contributed by atoms with Gasteiger partial charge in [-0.1, -0.05) is 26.0 Å². The van der Waals surface area contributed by atoms with E-state index in [4.69, 9.17) is 9.47 Å². The Hall–Kier alpha value is -1.59. The van der Waals surface area contributed by atoms with Gasteiger partial charge in [-0.05, 0) is 24.5 Å². The van der Waals surface area contributed by atoms with Crippen LogP contribution in [0.4, 0.5) is 5.69 Å². The number of amides is 1. The number of morpholine rings is 2. The Balaban J connectivity index is 1.74. The van der Waals surface area contributed by atoms with Gasteiger partial charge in [-0.15, -0.1) is 0 Å². The van der Waals surface area contributed by atoms with E-state index >= 15 is 0 Å². The lowest BCUT2D eigenvalue weighted by Crippen LogP contribution is -2.46. The van der Waals surface area contributed by atoms with Crippen LogP contribution in [-0.2, 0) is 9.47 Å². The second-order valence-electron chi connectivity index (χ2n) is 6.99. The molecule has 2 fully saturated rings. The third-order valence-corrected chi connectivity index (χ3v) is 4.65. The minimum absolute atomic E-state index is 0.120. The summed E-state index contributed by atoms with van der Waals surface area (Å²) in [4.78, 5) is 17.3. The van der Waals surface area contributed by atoms with Crippen LogP contribution in [-0.4, -0.2) is 62.9 Å². The lowest BCUT2D eigenvalue weighted by molar-refractivity contribution is -0.0297. The highest BCUT2D eigenvalue weighted by Crippen LogP contribution is 2.24. The molecular formula is C19H28N2O3. The maximum atomic E-state index is 13.1. The molecule has 1 atom stereocenters. The number of hydrogen-bond acceptors (Lipinski definition) is 4. The third-order valence-electron chi connectivity index (χ3n) is 4.65. The van der Waals surface area contributed by atoms with Crippen molar-refractivity contribution in [2.75, 3.05) is 50.9 Å². The first-order valence-electron chi connectivity index (χ1n) is 8.97. The molecule has 0 spiro atoms. The summed E-state index contributed by atoms with van der Waals surface area (Å²) in [5.41, 5.74) is 1.82. The topological polar surface area (TPSA) is 42.0 Å². The number of hydrogen-bond donors (Lipinski definition) is 0. The van der Waals surface area contributed by atoms with Crippen molar-refractivity contribution in [3.63, 3.8) is 0 Å². The van der Waals surface area contributed by atoms with E-state index in [1.165, 1.54) is 0 Å². The first-order chi connectivity index (χ1) is 11.6. The first kappa shape index (κ1) is 17.2. The molecule has 3 rings (SSSR count). The number of benzene rings is 1. The van der Waals surface area contributed by atoms with Crippen LogP contribution in [0.25, 0.3) is 0 Å². The largest absolute Gasteiger partial charge is 0.378 e. The van der Waals surface area contributed by atoms with Gasteiger partial charge in [0.2, 0.25) is 0 Å². The van der Waals surface area contributed by atoms with E-state index in [0.29, 0.717) is 25.6 Å². The monoisotopic (exact) mass is 332 g/mol. The molecule has 2 aliphatic heterocycles. The van der Waals surface area contributed by atoms with Crippen LogP contribution >= 0.6 is 0 Å². The van der Waals surface area contributed by atoms with Crippen molar-refractivity contribution in [1.82, 2.24) is 4.90 Å². The summed E-state index contributed by atoms with van der Waals surface area (Å²) in [6.07, 6.45) is 1.15. The zero-order chi connectivity index (χ0) is 16.9. The fourth-order valence-corrected chi connectivity index (χ4v) is 3.48. The third kappa shape index (κ3) is 4.08. The van der Waals surface area contributed by atoms with Crippen LogP contribution in [0, 0.1) is 5.92 Å². The Morgan fingerprint density at radius 2 is 1.92 bits per heavy atom. The zero-order valence-corrected chi connectivity index (χ0v) is 14.7. The molecule has 2 saturated heterocycles. The van der Waals surface area contributed by atoms with E-state index in [0.717, 1.165) is 44.0 Å². The minimum Gasteiger partial charge on any atom is -0.378 e. The van der Waals surface area contributed by atoms with E-state index in [1.807, 2.05) is 29.2 Å². The Morgan fingerprint density at radius 1 is 1.17 bits per heavy atom. The van der Waals surface area contributed by atoms with Crippen LogP contribution in [0.1, 0.15) is 30.6 Å². The van der Waals surface area contributed by atoms with Crippen molar-refractivity contribution in [1.29, 1.82) is 0 Å². The summed E-state index contributed by atoms with van der Waals surface area (Å²) in [5.74, 6) is 0.694. The fourth-order valence-electron chi connectivity index (χ4n) is 3.48. The summed E-state index contributed by atoms with van der Waals surface area (Å²) < 4.78 is 11.3. The molecule has 0 aliphatic carbocycles. The van der Waals surface area contributed by atoms with Crippen molar-refractivity contribution in [3.8, 4) is 0 Å². The van der Waals surface area contributed by atoms with Gasteiger partial charge in [0.1, 0.15) is 0 Å². The lowest BCUT2D eigenvalue weighted by atomic mass is 10.0. The summed E-state index contributed by atoms with van der Waals surface area (Å²) >= 11 is 0. The van der Waals surface area contributed by atoms with E-state index in [1.54, 1.807) is 0 Å². The zero-order valence-electron chi connectivity index (χ0n) is 14.7. The van der Waals surface area contributed by atoms with Gasteiger partial charge in [0.15, 0.2) is 0 Å². The molecule has 0 N–H and O–H groups in total. The summed E-state index contributed by atoms with van der Waals surface area (Å²) in [6.45, 7) is 9.48. The molecule has 24 heavy (non-hydrogen) atoms. The van der Waals surface area contributed by atoms with Crippen molar-refractivity contribution < 1.29 is 14.3 Å². The van der Waals surface area contributed by atoms with E-state index in [-0.39, 0.29) is 12.0 Å². The molecule has 1 unspecified atom stereocenters. The molecule has 1 amide bonds. The van der Waals surface area contributed by atoms with Crippen molar-refractivity contribution in [3.05, 3.63) is 29.8 Å². The van der Waals surface area contributed by atoms with Gasteiger partial charge in [0.25, 0.3) is 5.91 Å². The number of ether oxygens (including phenoxy) is 2. The number of nitrogens with zero attached hydrogens (tertiary/aromatic N) is 2. The molecular weight excluding hydrogens is 304 g/mol. The Bertz CT molecular complexity index is 555. The molecule has 5 heteroatoms. The molecule has 0 radical (unpaired) electrons. The van der Waals surface area contributed by atoms with Gasteiger partial charge in [-0.25, -0.2) is 0 Å². The summed E-state index contributed by atoms with van der Waals surface area (Å²) in [7, 11) is 0. The number of carbonyl (C=O) groups excluding carboxylic acids is 1. The minimum atomic E-state index is 0.120. The van der Waals surface area contributed by atoms with Crippen LogP contribution < -0.4 is 4.90 Å². The number of carbonyl (C=O) groups is 1. The first-order valence-corrected chi connectivity index (χ1v) is 8.97. The lowest BCUT2D eigenvalue weighted by Gasteiger charge is -2.35. The second-order valence-corrected chi connectivity index (χ2v) is 6.99. The van der Waals surface area contributed by atoms with Crippen LogP contribution in [0.5, 0.6) is 0 Å². The van der Waals surface area contributed by atoms with Crippen molar-refractivity contribution >= 4 is 11.6 Å². The summed E-state index contributed by atoms with van der Waals surface area (Å²) in [6, 6.07) is 7.94. The Kier molecular flexibility index (Phi) is 5.74. The van der Waals surface area contributed by atoms with Gasteiger partial charge in [0.05, 0.1) is 31.5 Å². The predicted molar refractivity (Wildman–Crippen MR) is 94.6 cm³/mol. The predicted octanol–water partition coefficient (Wildman–Crippen LogP) is 2.41. The molecule has 0 saturated carbocycles. The highest BCUT2D eigenvalue weighted by Gasteiger charge is 2.28. The van der Waals surface area contributed by atoms with Crippen LogP contribution in [0.15, 0.2) is 24.3 Å². The van der Waals surface area contributed by atoms with Crippen molar-refractivity contribution in [2.24, 2.45) is 5.92 Å². The maximum Gasteiger partial charge on any atom is 0.256 e. The standard InChI is InChI=1S/C19H28N2O3/c1-15(2)13-16-14-21(9-12-24-16)19(22)17-5-3-4-6-18(17)20-7-10-23-11-8-20/h3-6,15-16H,7-14H2,1-2H3. The Labute approximate surface area is 144 Å². The van der Waals surface area contributed by atoms with Gasteiger partial charge in [-0.3, -0.25) is 4.79 Å². The van der Waals surface area contributed by atoms with Crippen LogP contribution in [0.2, 0.25) is 0 Å². The molecule has 132 valence electrons. The average Bonchev–Trinajstić information content (AvgIpc) is 2.61. The van der Waals surface area contributed by atoms with E-state index in [2.05, 4.69) is 18.7 Å². The Morgan fingerprint density at radius 3 is 2.67 bits per heavy atom. The molecule has 2 aliphatic rings. The van der Waals surface area contributed by atoms with Gasteiger partial charge < -0.3 is 19.3 Å². The van der Waals surface area contributed by atoms with Crippen LogP contribution in [0.3, 0.4) is 0 Å². The van der Waals surface area contributed by atoms with Gasteiger partial charge >= 0.3 is 0 Å². The molecule has 0 aromatic heterocycles. The smallest absolute Gasteiger partial charge is 0.256 e. The molecule has 0 bridgehead atoms. The number of para-hydroxylation sites is 1. The quantitative estimate of drug-likeness (QED) is 0.849. The van der Waals surface area contributed by atoms with Gasteiger partial charge in [-0.2, -0.15) is 0 Å². The fraction of sp³-hybridized carbons (Fsp3) is 0.632. The average molecular weight is 332 g/mol. The van der Waals surface area contributed by atoms with E-state index < -0.39 is 0 Å². The SMILES string of the molecule is CC(C)CC1CN(C(=O)c2ccccc2N2CCOCC2)CCO1. The maximum absolute atomic E-state index is 13.1. The molecule has 2 heterocycles. The normalized spacial score (nSPS) is 22.0. The molecule has 1 aromatic rings. The number of anilines is 1. The highest BCUT2D eigenvalue weighted by molar-refractivity contribution is 6.00. The molecule has 1 aromatic carbocycles. The molecule has 5 nitrogen and oxygen atoms in total.